The third-order valence-electron chi connectivity index (χ3n) is 3.56. The van der Waals surface area contributed by atoms with Crippen molar-refractivity contribution in [3.8, 4) is 0 Å². The van der Waals surface area contributed by atoms with Crippen molar-refractivity contribution >= 4 is 17.6 Å². The monoisotopic (exact) mass is 328 g/mol. The summed E-state index contributed by atoms with van der Waals surface area (Å²) in [7, 11) is 0. The van der Waals surface area contributed by atoms with Crippen molar-refractivity contribution in [2.45, 2.75) is 6.42 Å². The van der Waals surface area contributed by atoms with Crippen LogP contribution in [0.4, 0.5) is 0 Å². The molecule has 0 aliphatic heterocycles. The van der Waals surface area contributed by atoms with Gasteiger partial charge in [0.05, 0.1) is 5.84 Å². The van der Waals surface area contributed by atoms with Gasteiger partial charge in [-0.3, -0.25) is 15.0 Å². The van der Waals surface area contributed by atoms with E-state index in [1.807, 2.05) is 6.07 Å². The Kier molecular flexibility index (Phi) is 5.73. The molecule has 1 aliphatic rings. The Morgan fingerprint density at radius 2 is 1.96 bits per heavy atom. The van der Waals surface area contributed by atoms with Gasteiger partial charge >= 0.3 is 0 Å². The molecular weight excluding hydrogens is 308 g/mol. The van der Waals surface area contributed by atoms with Crippen molar-refractivity contribution in [1.29, 1.82) is 5.41 Å². The lowest BCUT2D eigenvalue weighted by Gasteiger charge is -2.22. The van der Waals surface area contributed by atoms with Crippen LogP contribution in [0.15, 0.2) is 53.8 Å². The lowest BCUT2D eigenvalue weighted by molar-refractivity contribution is -0.121. The normalized spacial score (nSPS) is 16.6. The van der Waals surface area contributed by atoms with Crippen LogP contribution in [0.3, 0.4) is 0 Å². The molecule has 0 saturated heterocycles. The number of allylic oxidation sites excluding steroid dienone is 1. The van der Waals surface area contributed by atoms with Gasteiger partial charge in [-0.1, -0.05) is 30.4 Å². The highest BCUT2D eigenvalue weighted by molar-refractivity contribution is 5.94. The second kappa shape index (κ2) is 7.96. The topological polar surface area (TPSA) is 131 Å². The number of nitrogens with one attached hydrogen (secondary N) is 2. The smallest absolute Gasteiger partial charge is 0.255 e. The zero-order valence-electron chi connectivity index (χ0n) is 13.1. The molecule has 1 aromatic rings. The first-order valence-electron chi connectivity index (χ1n) is 7.46. The molecule has 0 heterocycles. The minimum atomic E-state index is -0.593. The van der Waals surface area contributed by atoms with Gasteiger partial charge in [0.25, 0.3) is 11.8 Å². The molecule has 0 radical (unpaired) electrons. The van der Waals surface area contributed by atoms with E-state index in [-0.39, 0.29) is 30.8 Å². The number of amides is 2. The number of benzene rings is 1. The molecule has 2 amide bonds. The van der Waals surface area contributed by atoms with Crippen molar-refractivity contribution in [2.75, 3.05) is 13.2 Å². The number of ether oxygens (including phenoxy) is 1. The minimum absolute atomic E-state index is 0.0128. The molecule has 0 bridgehead atoms. The fraction of sp³-hybridized carbons (Fsp3) is 0.235. The molecule has 0 spiro atoms. The van der Waals surface area contributed by atoms with E-state index < -0.39 is 5.91 Å². The van der Waals surface area contributed by atoms with E-state index in [9.17, 15) is 9.59 Å². The summed E-state index contributed by atoms with van der Waals surface area (Å²) < 4.78 is 5.43. The van der Waals surface area contributed by atoms with Gasteiger partial charge in [0.2, 0.25) is 0 Å². The largest absolute Gasteiger partial charge is 0.488 e. The van der Waals surface area contributed by atoms with Gasteiger partial charge in [-0.2, -0.15) is 0 Å². The summed E-state index contributed by atoms with van der Waals surface area (Å²) in [6.07, 6.45) is 3.89. The first-order valence-corrected chi connectivity index (χ1v) is 7.46. The van der Waals surface area contributed by atoms with Crippen LogP contribution in [-0.4, -0.2) is 30.8 Å². The van der Waals surface area contributed by atoms with Crippen LogP contribution in [-0.2, 0) is 9.53 Å². The number of hydrogen-bond donors (Lipinski definition) is 4. The molecule has 1 atom stereocenters. The number of hydrogen-bond acceptors (Lipinski definition) is 4. The van der Waals surface area contributed by atoms with Crippen LogP contribution in [0, 0.1) is 11.3 Å². The number of rotatable bonds is 7. The average molecular weight is 328 g/mol. The van der Waals surface area contributed by atoms with Crippen molar-refractivity contribution in [1.82, 2.24) is 5.32 Å². The molecule has 126 valence electrons. The Balaban J connectivity index is 2.07. The maximum atomic E-state index is 12.1. The molecule has 7 heteroatoms. The van der Waals surface area contributed by atoms with Crippen molar-refractivity contribution in [3.05, 3.63) is 59.4 Å². The van der Waals surface area contributed by atoms with E-state index in [2.05, 4.69) is 5.32 Å². The second-order valence-electron chi connectivity index (χ2n) is 5.38. The first kappa shape index (κ1) is 17.3. The molecule has 2 rings (SSSR count). The molecule has 7 nitrogen and oxygen atoms in total. The Morgan fingerprint density at radius 3 is 2.58 bits per heavy atom. The van der Waals surface area contributed by atoms with Crippen LogP contribution in [0.5, 0.6) is 0 Å². The van der Waals surface area contributed by atoms with Crippen LogP contribution in [0.25, 0.3) is 0 Å². The quantitative estimate of drug-likeness (QED) is 0.433. The molecule has 24 heavy (non-hydrogen) atoms. The number of carbonyl (C=O) groups excluding carboxylic acids is 2. The van der Waals surface area contributed by atoms with Crippen molar-refractivity contribution in [2.24, 2.45) is 17.4 Å². The van der Waals surface area contributed by atoms with Crippen LogP contribution < -0.4 is 16.8 Å². The maximum Gasteiger partial charge on any atom is 0.255 e. The Labute approximate surface area is 139 Å². The molecule has 1 aliphatic carbocycles. The van der Waals surface area contributed by atoms with E-state index in [1.165, 1.54) is 0 Å². The zero-order chi connectivity index (χ0) is 17.5. The summed E-state index contributed by atoms with van der Waals surface area (Å²) in [6.45, 7) is -0.0210. The zero-order valence-corrected chi connectivity index (χ0v) is 13.1. The van der Waals surface area contributed by atoms with Gasteiger partial charge < -0.3 is 21.5 Å². The molecule has 0 saturated carbocycles. The highest BCUT2D eigenvalue weighted by Crippen LogP contribution is 2.24. The fourth-order valence-electron chi connectivity index (χ4n) is 2.27. The first-order chi connectivity index (χ1) is 11.5. The third-order valence-corrected chi connectivity index (χ3v) is 3.56. The molecule has 1 unspecified atom stereocenters. The van der Waals surface area contributed by atoms with E-state index in [1.54, 1.807) is 36.4 Å². The minimum Gasteiger partial charge on any atom is -0.488 e. The third kappa shape index (κ3) is 4.70. The van der Waals surface area contributed by atoms with Gasteiger partial charge in [0.15, 0.2) is 6.61 Å². The van der Waals surface area contributed by atoms with Crippen molar-refractivity contribution in [3.63, 3.8) is 0 Å². The predicted octanol–water partition coefficient (Wildman–Crippen LogP) is 0.684. The van der Waals surface area contributed by atoms with Crippen molar-refractivity contribution < 1.29 is 14.3 Å². The summed E-state index contributed by atoms with van der Waals surface area (Å²) in [5.74, 6) is -0.575. The van der Waals surface area contributed by atoms with E-state index in [0.717, 1.165) is 5.57 Å². The Bertz CT molecular complexity index is 695. The highest BCUT2D eigenvalue weighted by Gasteiger charge is 2.20. The Morgan fingerprint density at radius 1 is 1.25 bits per heavy atom. The van der Waals surface area contributed by atoms with Crippen LogP contribution in [0.1, 0.15) is 16.8 Å². The van der Waals surface area contributed by atoms with E-state index in [4.69, 9.17) is 21.6 Å². The molecule has 0 fully saturated rings. The Hall–Kier alpha value is -3.09. The lowest BCUT2D eigenvalue weighted by atomic mass is 9.94. The molecule has 6 N–H and O–H groups in total. The molecule has 0 aromatic heterocycles. The molecular formula is C17H20N4O3. The number of amidine groups is 1. The summed E-state index contributed by atoms with van der Waals surface area (Å²) in [4.78, 5) is 23.0. The average Bonchev–Trinajstić information content (AvgIpc) is 2.58. The van der Waals surface area contributed by atoms with E-state index in [0.29, 0.717) is 17.7 Å². The fourth-order valence-corrected chi connectivity index (χ4v) is 2.27. The van der Waals surface area contributed by atoms with E-state index >= 15 is 0 Å². The number of primary amides is 1. The maximum absolute atomic E-state index is 12.1. The summed E-state index contributed by atoms with van der Waals surface area (Å²) in [5, 5.41) is 10.3. The SMILES string of the molecule is N=C(N)C1C=CC(CNC(=O)c2ccccc2)=C(OCC(N)=O)C1. The van der Waals surface area contributed by atoms with Crippen LogP contribution >= 0.6 is 0 Å². The summed E-state index contributed by atoms with van der Waals surface area (Å²) >= 11 is 0. The summed E-state index contributed by atoms with van der Waals surface area (Å²) in [5.41, 5.74) is 11.9. The predicted molar refractivity (Wildman–Crippen MR) is 90.1 cm³/mol. The van der Waals surface area contributed by atoms with Gasteiger partial charge in [0.1, 0.15) is 5.76 Å². The van der Waals surface area contributed by atoms with Crippen LogP contribution in [0.2, 0.25) is 0 Å². The number of nitrogens with two attached hydrogens (primary N) is 2. The number of carbonyl (C=O) groups is 2. The highest BCUT2D eigenvalue weighted by atomic mass is 16.5. The van der Waals surface area contributed by atoms with Gasteiger partial charge in [0, 0.05) is 30.0 Å². The molecule has 1 aromatic carbocycles. The van der Waals surface area contributed by atoms with Gasteiger partial charge in [-0.05, 0) is 12.1 Å². The lowest BCUT2D eigenvalue weighted by Crippen LogP contribution is -2.29. The van der Waals surface area contributed by atoms with Gasteiger partial charge in [-0.25, -0.2) is 0 Å². The van der Waals surface area contributed by atoms with Gasteiger partial charge in [-0.15, -0.1) is 0 Å². The summed E-state index contributed by atoms with van der Waals surface area (Å²) in [6, 6.07) is 8.84. The standard InChI is InChI=1S/C17H20N4O3/c18-15(22)10-24-14-8-12(16(19)20)6-7-13(14)9-21-17(23)11-4-2-1-3-5-11/h1-7,12H,8-10H2,(H2,18,22)(H3,19,20)(H,21,23). The second-order valence-corrected chi connectivity index (χ2v) is 5.38.